The molecule has 2 bridgehead atoms. The monoisotopic (exact) mass is 661 g/mol. The van der Waals surface area contributed by atoms with Gasteiger partial charge in [-0.05, 0) is 97.7 Å². The van der Waals surface area contributed by atoms with Gasteiger partial charge in [0, 0.05) is 44.2 Å². The highest BCUT2D eigenvalue weighted by molar-refractivity contribution is 6.37. The molecular weight excluding hydrogens is 621 g/mol. The summed E-state index contributed by atoms with van der Waals surface area (Å²) in [5, 5.41) is 4.63. The average Bonchev–Trinajstić information content (AvgIpc) is 3.86. The second kappa shape index (κ2) is 13.7. The summed E-state index contributed by atoms with van der Waals surface area (Å²) in [4.78, 5) is 31.0. The molecule has 3 aliphatic rings. The van der Waals surface area contributed by atoms with Crippen LogP contribution in [0.4, 0.5) is 0 Å². The van der Waals surface area contributed by atoms with Crippen molar-refractivity contribution in [2.24, 2.45) is 0 Å². The molecule has 2 heterocycles. The number of nitrogens with zero attached hydrogens (tertiary/aromatic N) is 2. The van der Waals surface area contributed by atoms with Crippen LogP contribution in [0.1, 0.15) is 54.0 Å². The Morgan fingerprint density at radius 1 is 0.957 bits per heavy atom. The number of hydrogen-bond donors (Lipinski definition) is 1. The topological polar surface area (TPSA) is 71.1 Å². The molecule has 1 N–H and O–H groups in total. The zero-order chi connectivity index (χ0) is 32.5. The zero-order valence-corrected chi connectivity index (χ0v) is 28.4. The number of halogens is 2. The van der Waals surface area contributed by atoms with Gasteiger partial charge in [0.2, 0.25) is 5.91 Å². The van der Waals surface area contributed by atoms with Crippen LogP contribution in [-0.4, -0.2) is 66.0 Å². The Labute approximate surface area is 281 Å². The van der Waals surface area contributed by atoms with Gasteiger partial charge in [0.25, 0.3) is 5.91 Å². The third-order valence-electron chi connectivity index (χ3n) is 9.33. The highest BCUT2D eigenvalue weighted by Gasteiger charge is 2.43. The number of ether oxygens (including phenoxy) is 2. The molecule has 1 aliphatic carbocycles. The molecule has 46 heavy (non-hydrogen) atoms. The smallest absolute Gasteiger partial charge is 0.252 e. The van der Waals surface area contributed by atoms with Crippen molar-refractivity contribution in [2.75, 3.05) is 26.3 Å². The number of hydrogen-bond acceptors (Lipinski definition) is 5. The van der Waals surface area contributed by atoms with Crippen LogP contribution >= 0.6 is 23.2 Å². The summed E-state index contributed by atoms with van der Waals surface area (Å²) in [7, 11) is 0. The molecule has 9 heteroatoms. The van der Waals surface area contributed by atoms with Crippen LogP contribution < -0.4 is 14.8 Å². The summed E-state index contributed by atoms with van der Waals surface area (Å²) in [6.07, 6.45) is 2.69. The van der Waals surface area contributed by atoms with E-state index in [1.54, 1.807) is 6.92 Å². The second-order valence-corrected chi connectivity index (χ2v) is 13.6. The molecule has 1 unspecified atom stereocenters. The van der Waals surface area contributed by atoms with Crippen molar-refractivity contribution < 1.29 is 19.1 Å². The minimum absolute atomic E-state index is 0.0404. The molecule has 2 atom stereocenters. The Morgan fingerprint density at radius 2 is 1.65 bits per heavy atom. The van der Waals surface area contributed by atoms with Crippen molar-refractivity contribution >= 4 is 40.6 Å². The van der Waals surface area contributed by atoms with Gasteiger partial charge in [0.05, 0.1) is 16.1 Å². The van der Waals surface area contributed by atoms with Crippen molar-refractivity contribution in [3.8, 4) is 11.5 Å². The van der Waals surface area contributed by atoms with Crippen molar-refractivity contribution in [3.63, 3.8) is 0 Å². The van der Waals surface area contributed by atoms with Gasteiger partial charge in [0.15, 0.2) is 5.75 Å². The molecule has 1 saturated carbocycles. The number of carbonyl (C=O) groups excluding carboxylic acids is 2. The van der Waals surface area contributed by atoms with Gasteiger partial charge in [-0.1, -0.05) is 53.5 Å². The summed E-state index contributed by atoms with van der Waals surface area (Å²) in [5.74, 6) is 1.26. The van der Waals surface area contributed by atoms with Gasteiger partial charge in [-0.25, -0.2) is 0 Å². The highest BCUT2D eigenvalue weighted by atomic mass is 35.5. The van der Waals surface area contributed by atoms with Crippen molar-refractivity contribution in [1.29, 1.82) is 0 Å². The third kappa shape index (κ3) is 7.07. The second-order valence-electron chi connectivity index (χ2n) is 12.7. The van der Waals surface area contributed by atoms with Crippen LogP contribution in [0.15, 0.2) is 60.2 Å². The fourth-order valence-corrected chi connectivity index (χ4v) is 7.28. The van der Waals surface area contributed by atoms with Crippen molar-refractivity contribution in [1.82, 2.24) is 15.1 Å². The maximum Gasteiger partial charge on any atom is 0.252 e. The van der Waals surface area contributed by atoms with Crippen molar-refractivity contribution in [2.45, 2.75) is 71.6 Å². The number of aryl methyl sites for hydroxylation is 2. The first-order chi connectivity index (χ1) is 22.1. The molecule has 2 aliphatic heterocycles. The number of piperazine rings is 1. The first-order valence-electron chi connectivity index (χ1n) is 16.0. The summed E-state index contributed by atoms with van der Waals surface area (Å²) in [6, 6.07) is 18.0. The molecule has 7 nitrogen and oxygen atoms in total. The van der Waals surface area contributed by atoms with E-state index in [0.29, 0.717) is 54.2 Å². The van der Waals surface area contributed by atoms with E-state index in [4.69, 9.17) is 32.7 Å². The molecule has 242 valence electrons. The van der Waals surface area contributed by atoms with Crippen LogP contribution in [0, 0.1) is 20.8 Å². The molecule has 0 radical (unpaired) electrons. The molecule has 3 aromatic carbocycles. The van der Waals surface area contributed by atoms with Gasteiger partial charge in [-0.2, -0.15) is 0 Å². The molecule has 1 saturated heterocycles. The van der Waals surface area contributed by atoms with E-state index in [2.05, 4.69) is 42.3 Å². The number of nitrogens with one attached hydrogen (secondary N) is 1. The molecular formula is C37H41Cl2N3O4. The maximum atomic E-state index is 14.6. The lowest BCUT2D eigenvalue weighted by atomic mass is 9.82. The van der Waals surface area contributed by atoms with Crippen LogP contribution in [0.5, 0.6) is 11.5 Å². The fourth-order valence-electron chi connectivity index (χ4n) is 6.58. The van der Waals surface area contributed by atoms with Crippen LogP contribution in [0.25, 0.3) is 5.57 Å². The van der Waals surface area contributed by atoms with Gasteiger partial charge < -0.3 is 24.6 Å². The highest BCUT2D eigenvalue weighted by Crippen LogP contribution is 2.38. The standard InChI is InChI=1S/C37H41Cl2N3O4/c1-22-16-32(38)36(33(39)17-22)46-15-14-45-30-12-8-26(9-13-30)31-18-28-20-41(25(4)43)21-34(40-28)35(31)37(44)42(29-10-11-29)19-27-7-5-6-23(2)24(27)3/h5-9,12-13,16-17,28-29,34,40H,10-11,14-15,18-21H2,1-4H3/t28?,34-/m1/s1. The first kappa shape index (κ1) is 32.4. The number of benzene rings is 3. The number of rotatable bonds is 10. The molecule has 2 fully saturated rings. The van der Waals surface area contributed by atoms with E-state index in [1.807, 2.05) is 48.2 Å². The quantitative estimate of drug-likeness (QED) is 0.239. The zero-order valence-electron chi connectivity index (χ0n) is 26.9. The average molecular weight is 663 g/mol. The van der Waals surface area contributed by atoms with Crippen LogP contribution in [0.2, 0.25) is 10.0 Å². The largest absolute Gasteiger partial charge is 0.490 e. The lowest BCUT2D eigenvalue weighted by molar-refractivity contribution is -0.132. The van der Waals surface area contributed by atoms with Gasteiger partial charge in [-0.3, -0.25) is 9.59 Å². The van der Waals surface area contributed by atoms with E-state index in [9.17, 15) is 9.59 Å². The normalized spacial score (nSPS) is 19.2. The van der Waals surface area contributed by atoms with E-state index in [1.165, 1.54) is 16.7 Å². The molecule has 3 aromatic rings. The predicted octanol–water partition coefficient (Wildman–Crippen LogP) is 6.91. The Morgan fingerprint density at radius 3 is 2.33 bits per heavy atom. The van der Waals surface area contributed by atoms with E-state index in [0.717, 1.165) is 35.1 Å². The minimum atomic E-state index is -0.229. The summed E-state index contributed by atoms with van der Waals surface area (Å²) in [5.41, 5.74) is 7.41. The summed E-state index contributed by atoms with van der Waals surface area (Å²) >= 11 is 12.6. The number of carbonyl (C=O) groups is 2. The van der Waals surface area contributed by atoms with Gasteiger partial charge in [-0.15, -0.1) is 0 Å². The summed E-state index contributed by atoms with van der Waals surface area (Å²) < 4.78 is 11.8. The number of amides is 2. The Kier molecular flexibility index (Phi) is 9.64. The fraction of sp³-hybridized carbons (Fsp3) is 0.405. The molecule has 0 aromatic heterocycles. The SMILES string of the molecule is CC(=O)N1CC2CC(c3ccc(OCCOc4c(Cl)cc(C)cc4Cl)cc3)=C(C(=O)N(Cc3cccc(C)c3C)C3CC3)[C@@H](C1)N2. The molecule has 0 spiro atoms. The van der Waals surface area contributed by atoms with Gasteiger partial charge >= 0.3 is 0 Å². The predicted molar refractivity (Wildman–Crippen MR) is 183 cm³/mol. The summed E-state index contributed by atoms with van der Waals surface area (Å²) in [6.45, 7) is 10.1. The Balaban J connectivity index is 1.23. The lowest BCUT2D eigenvalue weighted by Crippen LogP contribution is -2.61. The van der Waals surface area contributed by atoms with Gasteiger partial charge in [0.1, 0.15) is 19.0 Å². The molecule has 6 rings (SSSR count). The molecule has 2 amide bonds. The third-order valence-corrected chi connectivity index (χ3v) is 9.89. The van der Waals surface area contributed by atoms with Crippen LogP contribution in [0.3, 0.4) is 0 Å². The Bertz CT molecular complexity index is 1640. The minimum Gasteiger partial charge on any atom is -0.490 e. The Hall–Kier alpha value is -3.52. The van der Waals surface area contributed by atoms with E-state index >= 15 is 0 Å². The number of fused-ring (bicyclic) bond motifs is 2. The van der Waals surface area contributed by atoms with Crippen LogP contribution in [-0.2, 0) is 16.1 Å². The first-order valence-corrected chi connectivity index (χ1v) is 16.8. The van der Waals surface area contributed by atoms with E-state index < -0.39 is 0 Å². The van der Waals surface area contributed by atoms with E-state index in [-0.39, 0.29) is 36.5 Å². The van der Waals surface area contributed by atoms with Crippen molar-refractivity contribution in [3.05, 3.63) is 98.0 Å². The lowest BCUT2D eigenvalue weighted by Gasteiger charge is -2.44. The maximum absolute atomic E-state index is 14.6.